The Hall–Kier alpha value is -3.25. The lowest BCUT2D eigenvalue weighted by atomic mass is 9.89. The lowest BCUT2D eigenvalue weighted by Crippen LogP contribution is -2.01. The van der Waals surface area contributed by atoms with Crippen molar-refractivity contribution in [3.8, 4) is 34.1 Å². The van der Waals surface area contributed by atoms with E-state index in [0.717, 1.165) is 33.7 Å². The minimum absolute atomic E-state index is 0.280. The molecule has 0 aliphatic heterocycles. The van der Waals surface area contributed by atoms with E-state index in [0.29, 0.717) is 28.6 Å². The standard InChI is InChI=1S/C23H24O6/c1-25-13-18-16(12-24)8-15-10-21(28-4)22(29-5)11-17(15)23(18)14-6-7-19(26-2)20(9-14)27-3/h6-12H,13H2,1-5H3. The Morgan fingerprint density at radius 3 is 1.97 bits per heavy atom. The van der Waals surface area contributed by atoms with Gasteiger partial charge in [0, 0.05) is 12.7 Å². The fourth-order valence-electron chi connectivity index (χ4n) is 3.52. The molecule has 6 heteroatoms. The number of carbonyl (C=O) groups is 1. The monoisotopic (exact) mass is 396 g/mol. The van der Waals surface area contributed by atoms with Crippen LogP contribution in [0, 0.1) is 0 Å². The number of benzene rings is 3. The van der Waals surface area contributed by atoms with Gasteiger partial charge < -0.3 is 23.7 Å². The van der Waals surface area contributed by atoms with Crippen LogP contribution in [0.4, 0.5) is 0 Å². The third-order valence-corrected chi connectivity index (χ3v) is 4.87. The predicted octanol–water partition coefficient (Wildman–Crippen LogP) is 4.50. The zero-order valence-electron chi connectivity index (χ0n) is 17.2. The number of carbonyl (C=O) groups excluding carboxylic acids is 1. The van der Waals surface area contributed by atoms with Crippen molar-refractivity contribution in [2.45, 2.75) is 6.61 Å². The minimum atomic E-state index is 0.280. The SMILES string of the molecule is COCc1c(C=O)cc2cc(OC)c(OC)cc2c1-c1ccc(OC)c(OC)c1. The number of ether oxygens (including phenoxy) is 5. The quantitative estimate of drug-likeness (QED) is 0.523. The predicted molar refractivity (Wildman–Crippen MR) is 112 cm³/mol. The first-order valence-corrected chi connectivity index (χ1v) is 8.99. The summed E-state index contributed by atoms with van der Waals surface area (Å²) in [6.07, 6.45) is 0.842. The van der Waals surface area contributed by atoms with Crippen LogP contribution in [0.3, 0.4) is 0 Å². The summed E-state index contributed by atoms with van der Waals surface area (Å²) in [4.78, 5) is 11.9. The van der Waals surface area contributed by atoms with Crippen LogP contribution in [-0.4, -0.2) is 41.8 Å². The molecule has 0 amide bonds. The fourth-order valence-corrected chi connectivity index (χ4v) is 3.52. The van der Waals surface area contributed by atoms with E-state index in [9.17, 15) is 4.79 Å². The van der Waals surface area contributed by atoms with Crippen LogP contribution < -0.4 is 18.9 Å². The van der Waals surface area contributed by atoms with Crippen LogP contribution in [0.1, 0.15) is 15.9 Å². The molecule has 29 heavy (non-hydrogen) atoms. The Kier molecular flexibility index (Phi) is 6.24. The molecule has 0 radical (unpaired) electrons. The van der Waals surface area contributed by atoms with Crippen molar-refractivity contribution in [3.63, 3.8) is 0 Å². The largest absolute Gasteiger partial charge is 0.493 e. The summed E-state index contributed by atoms with van der Waals surface area (Å²) in [5.41, 5.74) is 3.08. The number of hydrogen-bond acceptors (Lipinski definition) is 6. The van der Waals surface area contributed by atoms with Crippen LogP contribution in [-0.2, 0) is 11.3 Å². The summed E-state index contributed by atoms with van der Waals surface area (Å²) >= 11 is 0. The molecule has 0 unspecified atom stereocenters. The molecule has 0 spiro atoms. The van der Waals surface area contributed by atoms with Crippen molar-refractivity contribution < 1.29 is 28.5 Å². The van der Waals surface area contributed by atoms with Gasteiger partial charge in [-0.25, -0.2) is 0 Å². The zero-order valence-corrected chi connectivity index (χ0v) is 17.2. The highest BCUT2D eigenvalue weighted by Gasteiger charge is 2.19. The topological polar surface area (TPSA) is 63.2 Å². The molecule has 0 saturated carbocycles. The molecule has 0 saturated heterocycles. The Morgan fingerprint density at radius 2 is 1.38 bits per heavy atom. The van der Waals surface area contributed by atoms with Gasteiger partial charge in [0.25, 0.3) is 0 Å². The van der Waals surface area contributed by atoms with Gasteiger partial charge in [-0.15, -0.1) is 0 Å². The molecule has 0 fully saturated rings. The van der Waals surface area contributed by atoms with Gasteiger partial charge >= 0.3 is 0 Å². The Labute approximate surface area is 169 Å². The smallest absolute Gasteiger partial charge is 0.161 e. The molecular weight excluding hydrogens is 372 g/mol. The summed E-state index contributed by atoms with van der Waals surface area (Å²) in [6, 6.07) is 11.3. The van der Waals surface area contributed by atoms with Gasteiger partial charge in [0.15, 0.2) is 23.0 Å². The van der Waals surface area contributed by atoms with Crippen molar-refractivity contribution >= 4 is 17.1 Å². The summed E-state index contributed by atoms with van der Waals surface area (Å²) in [6.45, 7) is 0.280. The number of fused-ring (bicyclic) bond motifs is 1. The van der Waals surface area contributed by atoms with E-state index in [-0.39, 0.29) is 6.61 Å². The van der Waals surface area contributed by atoms with Crippen molar-refractivity contribution in [3.05, 3.63) is 47.5 Å². The summed E-state index contributed by atoms with van der Waals surface area (Å²) in [7, 11) is 7.96. The van der Waals surface area contributed by atoms with Gasteiger partial charge in [0.2, 0.25) is 0 Å². The van der Waals surface area contributed by atoms with Crippen LogP contribution in [0.2, 0.25) is 0 Å². The van der Waals surface area contributed by atoms with Crippen LogP contribution >= 0.6 is 0 Å². The van der Waals surface area contributed by atoms with E-state index >= 15 is 0 Å². The zero-order chi connectivity index (χ0) is 21.0. The first-order valence-electron chi connectivity index (χ1n) is 8.99. The summed E-state index contributed by atoms with van der Waals surface area (Å²) < 4.78 is 27.2. The Bertz CT molecular complexity index is 1040. The molecule has 0 atom stereocenters. The molecule has 3 aromatic rings. The fraction of sp³-hybridized carbons (Fsp3) is 0.261. The highest BCUT2D eigenvalue weighted by molar-refractivity contribution is 6.04. The number of aldehydes is 1. The molecule has 0 heterocycles. The normalized spacial score (nSPS) is 10.7. The van der Waals surface area contributed by atoms with Gasteiger partial charge in [-0.2, -0.15) is 0 Å². The number of hydrogen-bond donors (Lipinski definition) is 0. The van der Waals surface area contributed by atoms with E-state index in [4.69, 9.17) is 23.7 Å². The highest BCUT2D eigenvalue weighted by atomic mass is 16.5. The first-order chi connectivity index (χ1) is 14.1. The third-order valence-electron chi connectivity index (χ3n) is 4.87. The van der Waals surface area contributed by atoms with Gasteiger partial charge in [-0.05, 0) is 57.8 Å². The van der Waals surface area contributed by atoms with Gasteiger partial charge in [0.1, 0.15) is 6.29 Å². The number of rotatable bonds is 8. The van der Waals surface area contributed by atoms with E-state index in [2.05, 4.69) is 0 Å². The highest BCUT2D eigenvalue weighted by Crippen LogP contribution is 2.42. The molecule has 0 aliphatic carbocycles. The lowest BCUT2D eigenvalue weighted by molar-refractivity contribution is 0.111. The molecule has 6 nitrogen and oxygen atoms in total. The molecular formula is C23H24O6. The summed E-state index contributed by atoms with van der Waals surface area (Å²) in [5, 5.41) is 1.77. The van der Waals surface area contributed by atoms with Gasteiger partial charge in [0.05, 0.1) is 35.0 Å². The van der Waals surface area contributed by atoms with Crippen LogP contribution in [0.25, 0.3) is 21.9 Å². The van der Waals surface area contributed by atoms with Crippen LogP contribution in [0.15, 0.2) is 36.4 Å². The van der Waals surface area contributed by atoms with Gasteiger partial charge in [-0.1, -0.05) is 6.07 Å². The lowest BCUT2D eigenvalue weighted by Gasteiger charge is -2.19. The maximum Gasteiger partial charge on any atom is 0.161 e. The molecule has 0 aromatic heterocycles. The molecule has 3 aromatic carbocycles. The van der Waals surface area contributed by atoms with Crippen LogP contribution in [0.5, 0.6) is 23.0 Å². The maximum absolute atomic E-state index is 11.9. The molecule has 0 aliphatic rings. The van der Waals surface area contributed by atoms with Gasteiger partial charge in [-0.3, -0.25) is 4.79 Å². The average Bonchev–Trinajstić information content (AvgIpc) is 2.77. The van der Waals surface area contributed by atoms with E-state index < -0.39 is 0 Å². The van der Waals surface area contributed by atoms with E-state index in [1.165, 1.54) is 0 Å². The Balaban J connectivity index is 2.43. The van der Waals surface area contributed by atoms with E-state index in [1.807, 2.05) is 36.4 Å². The van der Waals surface area contributed by atoms with E-state index in [1.54, 1.807) is 35.5 Å². The Morgan fingerprint density at radius 1 is 0.759 bits per heavy atom. The van der Waals surface area contributed by atoms with Crippen molar-refractivity contribution in [2.75, 3.05) is 35.5 Å². The maximum atomic E-state index is 11.9. The van der Waals surface area contributed by atoms with Crippen molar-refractivity contribution in [1.82, 2.24) is 0 Å². The second-order valence-electron chi connectivity index (χ2n) is 6.37. The molecule has 152 valence electrons. The average molecular weight is 396 g/mol. The minimum Gasteiger partial charge on any atom is -0.493 e. The second-order valence-corrected chi connectivity index (χ2v) is 6.37. The molecule has 0 bridgehead atoms. The number of methoxy groups -OCH3 is 5. The first kappa shape index (κ1) is 20.5. The molecule has 0 N–H and O–H groups in total. The third kappa shape index (κ3) is 3.71. The second kappa shape index (κ2) is 8.84. The molecule has 3 rings (SSSR count). The van der Waals surface area contributed by atoms with Crippen molar-refractivity contribution in [1.29, 1.82) is 0 Å². The van der Waals surface area contributed by atoms with Crippen molar-refractivity contribution in [2.24, 2.45) is 0 Å². The summed E-state index contributed by atoms with van der Waals surface area (Å²) in [5.74, 6) is 2.41.